The number of rotatable bonds is 12. The standard InChI is InChI=1S/C32H38FN3O5S/c1-41-29-19-17-28(18-20-29)36(42(2,39)40)23-31(37)35(22-25-13-15-26(33)16-14-25)30(21-24-9-5-3-6-10-24)32(38)34-27-11-7-4-8-12-27/h3,5-6,9-10,13-20,27,30H,4,7-8,11-12,21-23H2,1-2H3,(H,34,38)/t30-/m0/s1. The van der Waals surface area contributed by atoms with Gasteiger partial charge < -0.3 is 15.0 Å². The molecule has 42 heavy (non-hydrogen) atoms. The van der Waals surface area contributed by atoms with Crippen molar-refractivity contribution in [2.45, 2.75) is 57.2 Å². The Morgan fingerprint density at radius 1 is 0.929 bits per heavy atom. The zero-order chi connectivity index (χ0) is 30.1. The number of methoxy groups -OCH3 is 1. The number of carbonyl (C=O) groups is 2. The van der Waals surface area contributed by atoms with Gasteiger partial charge in [0.1, 0.15) is 24.2 Å². The highest BCUT2D eigenvalue weighted by Gasteiger charge is 2.34. The summed E-state index contributed by atoms with van der Waals surface area (Å²) in [5, 5.41) is 3.16. The van der Waals surface area contributed by atoms with Crippen LogP contribution in [0.3, 0.4) is 0 Å². The summed E-state index contributed by atoms with van der Waals surface area (Å²) >= 11 is 0. The van der Waals surface area contributed by atoms with Gasteiger partial charge in [0.05, 0.1) is 19.1 Å². The molecule has 224 valence electrons. The van der Waals surface area contributed by atoms with Gasteiger partial charge in [-0.3, -0.25) is 13.9 Å². The zero-order valence-electron chi connectivity index (χ0n) is 24.0. The smallest absolute Gasteiger partial charge is 0.244 e. The minimum Gasteiger partial charge on any atom is -0.497 e. The molecule has 1 aliphatic carbocycles. The molecule has 8 nitrogen and oxygen atoms in total. The maximum absolute atomic E-state index is 14.1. The fourth-order valence-electron chi connectivity index (χ4n) is 5.25. The summed E-state index contributed by atoms with van der Waals surface area (Å²) in [4.78, 5) is 29.5. The average Bonchev–Trinajstić information content (AvgIpc) is 2.99. The van der Waals surface area contributed by atoms with Crippen LogP contribution in [0.25, 0.3) is 0 Å². The highest BCUT2D eigenvalue weighted by molar-refractivity contribution is 7.92. The van der Waals surface area contributed by atoms with E-state index < -0.39 is 34.3 Å². The molecule has 1 N–H and O–H groups in total. The van der Waals surface area contributed by atoms with Gasteiger partial charge in [-0.15, -0.1) is 0 Å². The molecule has 1 fully saturated rings. The number of anilines is 1. The summed E-state index contributed by atoms with van der Waals surface area (Å²) in [7, 11) is -2.37. The first-order valence-electron chi connectivity index (χ1n) is 14.1. The highest BCUT2D eigenvalue weighted by Crippen LogP contribution is 2.24. The zero-order valence-corrected chi connectivity index (χ0v) is 24.9. The number of ether oxygens (including phenoxy) is 1. The Hall–Kier alpha value is -3.92. The third-order valence-electron chi connectivity index (χ3n) is 7.53. The molecule has 1 atom stereocenters. The van der Waals surface area contributed by atoms with Crippen molar-refractivity contribution in [2.24, 2.45) is 0 Å². The second-order valence-corrected chi connectivity index (χ2v) is 12.6. The molecule has 2 amide bonds. The van der Waals surface area contributed by atoms with Crippen molar-refractivity contribution in [3.05, 3.63) is 95.8 Å². The lowest BCUT2D eigenvalue weighted by Gasteiger charge is -2.35. The van der Waals surface area contributed by atoms with Crippen LogP contribution in [-0.2, 0) is 32.6 Å². The van der Waals surface area contributed by atoms with Crippen LogP contribution in [0.5, 0.6) is 5.75 Å². The molecule has 3 aromatic rings. The lowest BCUT2D eigenvalue weighted by Crippen LogP contribution is -2.55. The number of hydrogen-bond donors (Lipinski definition) is 1. The van der Waals surface area contributed by atoms with Gasteiger partial charge in [0.2, 0.25) is 21.8 Å². The Morgan fingerprint density at radius 3 is 2.17 bits per heavy atom. The van der Waals surface area contributed by atoms with E-state index in [1.165, 1.54) is 24.1 Å². The second-order valence-electron chi connectivity index (χ2n) is 10.7. The molecule has 10 heteroatoms. The lowest BCUT2D eigenvalue weighted by molar-refractivity contribution is -0.140. The topological polar surface area (TPSA) is 96.0 Å². The molecule has 0 aromatic heterocycles. The summed E-state index contributed by atoms with van der Waals surface area (Å²) in [6, 6.07) is 20.6. The van der Waals surface area contributed by atoms with Crippen LogP contribution in [0.1, 0.15) is 43.2 Å². The third kappa shape index (κ3) is 8.55. The van der Waals surface area contributed by atoms with Gasteiger partial charge in [-0.05, 0) is 60.4 Å². The molecular formula is C32H38FN3O5S. The average molecular weight is 596 g/mol. The first-order chi connectivity index (χ1) is 20.1. The van der Waals surface area contributed by atoms with Crippen LogP contribution >= 0.6 is 0 Å². The molecule has 4 rings (SSSR count). The summed E-state index contributed by atoms with van der Waals surface area (Å²) in [6.07, 6.45) is 6.18. The number of nitrogens with one attached hydrogen (secondary N) is 1. The van der Waals surface area contributed by atoms with E-state index in [-0.39, 0.29) is 24.9 Å². The van der Waals surface area contributed by atoms with Gasteiger partial charge in [0.25, 0.3) is 0 Å². The summed E-state index contributed by atoms with van der Waals surface area (Å²) in [5.41, 5.74) is 1.76. The quantitative estimate of drug-likeness (QED) is 0.328. The normalized spacial score (nSPS) is 14.5. The molecule has 0 radical (unpaired) electrons. The highest BCUT2D eigenvalue weighted by atomic mass is 32.2. The van der Waals surface area contributed by atoms with Crippen molar-refractivity contribution in [3.63, 3.8) is 0 Å². The fraction of sp³-hybridized carbons (Fsp3) is 0.375. The molecule has 3 aromatic carbocycles. The van der Waals surface area contributed by atoms with Crippen molar-refractivity contribution in [2.75, 3.05) is 24.2 Å². The lowest BCUT2D eigenvalue weighted by atomic mass is 9.94. The van der Waals surface area contributed by atoms with Crippen LogP contribution in [-0.4, -0.2) is 57.1 Å². The molecule has 0 bridgehead atoms. The molecule has 0 saturated heterocycles. The van der Waals surface area contributed by atoms with Gasteiger partial charge >= 0.3 is 0 Å². The van der Waals surface area contributed by atoms with E-state index in [2.05, 4.69) is 5.32 Å². The Kier molecular flexibility index (Phi) is 10.6. The Balaban J connectivity index is 1.70. The van der Waals surface area contributed by atoms with Crippen LogP contribution in [0.15, 0.2) is 78.9 Å². The van der Waals surface area contributed by atoms with Crippen molar-refractivity contribution in [1.29, 1.82) is 0 Å². The van der Waals surface area contributed by atoms with Gasteiger partial charge in [-0.25, -0.2) is 12.8 Å². The first-order valence-corrected chi connectivity index (χ1v) is 16.0. The molecule has 1 saturated carbocycles. The van der Waals surface area contributed by atoms with Crippen LogP contribution in [0.2, 0.25) is 0 Å². The number of carbonyl (C=O) groups excluding carboxylic acids is 2. The third-order valence-corrected chi connectivity index (χ3v) is 8.67. The fourth-order valence-corrected chi connectivity index (χ4v) is 6.10. The van der Waals surface area contributed by atoms with E-state index in [9.17, 15) is 22.4 Å². The maximum Gasteiger partial charge on any atom is 0.244 e. The Morgan fingerprint density at radius 2 is 1.57 bits per heavy atom. The van der Waals surface area contributed by atoms with E-state index in [1.807, 2.05) is 30.3 Å². The van der Waals surface area contributed by atoms with Crippen molar-refractivity contribution >= 4 is 27.5 Å². The van der Waals surface area contributed by atoms with Crippen molar-refractivity contribution < 1.29 is 27.1 Å². The molecule has 0 aliphatic heterocycles. The number of halogens is 1. The molecule has 1 aliphatic rings. The van der Waals surface area contributed by atoms with Gasteiger partial charge in [-0.2, -0.15) is 0 Å². The van der Waals surface area contributed by atoms with E-state index in [1.54, 1.807) is 36.4 Å². The predicted molar refractivity (Wildman–Crippen MR) is 161 cm³/mol. The summed E-state index contributed by atoms with van der Waals surface area (Å²) < 4.78 is 45.7. The number of sulfonamides is 1. The van der Waals surface area contributed by atoms with E-state index in [0.717, 1.165) is 48.2 Å². The molecule has 0 unspecified atom stereocenters. The number of nitrogens with zero attached hydrogens (tertiary/aromatic N) is 2. The van der Waals surface area contributed by atoms with E-state index >= 15 is 0 Å². The summed E-state index contributed by atoms with van der Waals surface area (Å²) in [5.74, 6) is -0.731. The van der Waals surface area contributed by atoms with Crippen LogP contribution in [0, 0.1) is 5.82 Å². The Labute approximate surface area is 247 Å². The monoisotopic (exact) mass is 595 g/mol. The largest absolute Gasteiger partial charge is 0.497 e. The van der Waals surface area contributed by atoms with E-state index in [0.29, 0.717) is 17.0 Å². The van der Waals surface area contributed by atoms with Gasteiger partial charge in [-0.1, -0.05) is 61.7 Å². The number of amides is 2. The SMILES string of the molecule is COc1ccc(N(CC(=O)N(Cc2ccc(F)cc2)[C@@H](Cc2ccccc2)C(=O)NC2CCCCC2)S(C)(=O)=O)cc1. The van der Waals surface area contributed by atoms with Gasteiger partial charge in [0.15, 0.2) is 0 Å². The molecule has 0 heterocycles. The number of benzene rings is 3. The Bertz CT molecular complexity index is 1430. The molecular weight excluding hydrogens is 557 g/mol. The van der Waals surface area contributed by atoms with Crippen molar-refractivity contribution in [3.8, 4) is 5.75 Å². The first kappa shape index (κ1) is 31.0. The number of hydrogen-bond acceptors (Lipinski definition) is 5. The maximum atomic E-state index is 14.1. The summed E-state index contributed by atoms with van der Waals surface area (Å²) in [6.45, 7) is -0.525. The predicted octanol–water partition coefficient (Wildman–Crippen LogP) is 4.69. The van der Waals surface area contributed by atoms with Crippen LogP contribution in [0.4, 0.5) is 10.1 Å². The van der Waals surface area contributed by atoms with Gasteiger partial charge in [0, 0.05) is 19.0 Å². The minimum absolute atomic E-state index is 0.00504. The van der Waals surface area contributed by atoms with Crippen molar-refractivity contribution in [1.82, 2.24) is 10.2 Å². The minimum atomic E-state index is -3.88. The van der Waals surface area contributed by atoms with E-state index in [4.69, 9.17) is 4.74 Å². The second kappa shape index (κ2) is 14.3. The molecule has 0 spiro atoms. The van der Waals surface area contributed by atoms with Crippen LogP contribution < -0.4 is 14.4 Å².